The maximum absolute atomic E-state index is 2.28. The van der Waals surface area contributed by atoms with Gasteiger partial charge in [0.2, 0.25) is 0 Å². The lowest BCUT2D eigenvalue weighted by atomic mass is 9.80. The van der Waals surface area contributed by atoms with Gasteiger partial charge < -0.3 is 0 Å². The normalized spacial score (nSPS) is 19.1. The summed E-state index contributed by atoms with van der Waals surface area (Å²) in [7, 11) is 0. The highest BCUT2D eigenvalue weighted by molar-refractivity contribution is 5.33. The SMILES string of the molecule is c1ccc(C2CCc3ccccc3C2)cc1. The van der Waals surface area contributed by atoms with Crippen LogP contribution in [0.1, 0.15) is 29.0 Å². The summed E-state index contributed by atoms with van der Waals surface area (Å²) in [4.78, 5) is 0. The van der Waals surface area contributed by atoms with Gasteiger partial charge in [0.15, 0.2) is 0 Å². The van der Waals surface area contributed by atoms with Crippen molar-refractivity contribution in [1.29, 1.82) is 0 Å². The van der Waals surface area contributed by atoms with E-state index in [4.69, 9.17) is 0 Å². The molecule has 0 heteroatoms. The molecule has 0 bridgehead atoms. The minimum Gasteiger partial charge on any atom is -0.0622 e. The van der Waals surface area contributed by atoms with Gasteiger partial charge in [0.05, 0.1) is 0 Å². The first-order valence-corrected chi connectivity index (χ1v) is 6.05. The van der Waals surface area contributed by atoms with E-state index < -0.39 is 0 Å². The smallest absolute Gasteiger partial charge is 0.0118 e. The molecule has 16 heavy (non-hydrogen) atoms. The third-order valence-electron chi connectivity index (χ3n) is 3.62. The van der Waals surface area contributed by atoms with Crippen molar-refractivity contribution in [2.24, 2.45) is 0 Å². The average molecular weight is 208 g/mol. The van der Waals surface area contributed by atoms with Gasteiger partial charge in [0.25, 0.3) is 0 Å². The summed E-state index contributed by atoms with van der Waals surface area (Å²) in [6.07, 6.45) is 3.73. The summed E-state index contributed by atoms with van der Waals surface area (Å²) < 4.78 is 0. The highest BCUT2D eigenvalue weighted by atomic mass is 14.2. The van der Waals surface area contributed by atoms with Gasteiger partial charge in [-0.15, -0.1) is 0 Å². The van der Waals surface area contributed by atoms with Crippen molar-refractivity contribution >= 4 is 0 Å². The summed E-state index contributed by atoms with van der Waals surface area (Å²) in [6.45, 7) is 0. The van der Waals surface area contributed by atoms with E-state index in [9.17, 15) is 0 Å². The van der Waals surface area contributed by atoms with Crippen LogP contribution in [0.4, 0.5) is 0 Å². The van der Waals surface area contributed by atoms with Crippen LogP contribution < -0.4 is 0 Å². The fraction of sp³-hybridized carbons (Fsp3) is 0.250. The van der Waals surface area contributed by atoms with E-state index in [0.29, 0.717) is 0 Å². The molecule has 3 rings (SSSR count). The topological polar surface area (TPSA) is 0 Å². The van der Waals surface area contributed by atoms with Gasteiger partial charge in [-0.3, -0.25) is 0 Å². The largest absolute Gasteiger partial charge is 0.0622 e. The van der Waals surface area contributed by atoms with Crippen LogP contribution in [0.5, 0.6) is 0 Å². The maximum Gasteiger partial charge on any atom is -0.0118 e. The van der Waals surface area contributed by atoms with Crippen LogP contribution >= 0.6 is 0 Å². The monoisotopic (exact) mass is 208 g/mol. The fourth-order valence-corrected chi connectivity index (χ4v) is 2.71. The van der Waals surface area contributed by atoms with Gasteiger partial charge in [-0.25, -0.2) is 0 Å². The molecule has 0 heterocycles. The summed E-state index contributed by atoms with van der Waals surface area (Å²) in [6, 6.07) is 19.8. The quantitative estimate of drug-likeness (QED) is 0.665. The van der Waals surface area contributed by atoms with Crippen LogP contribution in [-0.4, -0.2) is 0 Å². The Morgan fingerprint density at radius 1 is 0.750 bits per heavy atom. The zero-order valence-electron chi connectivity index (χ0n) is 9.39. The first-order chi connectivity index (χ1) is 7.93. The molecule has 1 aliphatic rings. The summed E-state index contributed by atoms with van der Waals surface area (Å²) in [5, 5.41) is 0. The molecule has 0 aliphatic heterocycles. The molecule has 0 spiro atoms. The molecule has 0 amide bonds. The number of aryl methyl sites for hydroxylation is 1. The second-order valence-electron chi connectivity index (χ2n) is 4.62. The van der Waals surface area contributed by atoms with Crippen molar-refractivity contribution in [3.63, 3.8) is 0 Å². The van der Waals surface area contributed by atoms with Gasteiger partial charge in [-0.05, 0) is 41.9 Å². The van der Waals surface area contributed by atoms with E-state index in [1.165, 1.54) is 24.8 Å². The molecule has 0 saturated carbocycles. The number of benzene rings is 2. The molecule has 0 fully saturated rings. The molecule has 2 aromatic rings. The van der Waals surface area contributed by atoms with E-state index in [0.717, 1.165) is 5.92 Å². The molecular formula is C16H16. The summed E-state index contributed by atoms with van der Waals surface area (Å²) >= 11 is 0. The molecule has 80 valence electrons. The van der Waals surface area contributed by atoms with E-state index in [-0.39, 0.29) is 0 Å². The van der Waals surface area contributed by atoms with E-state index in [1.807, 2.05) is 0 Å². The van der Waals surface area contributed by atoms with Gasteiger partial charge in [-0.2, -0.15) is 0 Å². The van der Waals surface area contributed by atoms with Gasteiger partial charge in [-0.1, -0.05) is 54.6 Å². The van der Waals surface area contributed by atoms with Gasteiger partial charge in [0.1, 0.15) is 0 Å². The van der Waals surface area contributed by atoms with E-state index >= 15 is 0 Å². The first-order valence-electron chi connectivity index (χ1n) is 6.05. The highest BCUT2D eigenvalue weighted by Gasteiger charge is 2.18. The molecule has 2 aromatic carbocycles. The summed E-state index contributed by atoms with van der Waals surface area (Å²) in [5.41, 5.74) is 4.59. The predicted molar refractivity (Wildman–Crippen MR) is 67.7 cm³/mol. The van der Waals surface area contributed by atoms with Crippen molar-refractivity contribution < 1.29 is 0 Å². The van der Waals surface area contributed by atoms with Crippen molar-refractivity contribution in [2.45, 2.75) is 25.2 Å². The Hall–Kier alpha value is -1.56. The molecular weight excluding hydrogens is 192 g/mol. The Balaban J connectivity index is 1.89. The van der Waals surface area contributed by atoms with E-state index in [1.54, 1.807) is 11.1 Å². The van der Waals surface area contributed by atoms with Crippen LogP contribution in [0.3, 0.4) is 0 Å². The molecule has 1 unspecified atom stereocenters. The number of hydrogen-bond acceptors (Lipinski definition) is 0. The predicted octanol–water partition coefficient (Wildman–Crippen LogP) is 3.96. The minimum absolute atomic E-state index is 0.719. The maximum atomic E-state index is 2.28. The second kappa shape index (κ2) is 4.13. The van der Waals surface area contributed by atoms with Crippen LogP contribution in [0.2, 0.25) is 0 Å². The number of hydrogen-bond donors (Lipinski definition) is 0. The Labute approximate surface area is 96.9 Å². The molecule has 0 saturated heterocycles. The standard InChI is InChI=1S/C16H16/c1-2-6-13(7-3-1)16-11-10-14-8-4-5-9-15(14)12-16/h1-9,16H,10-12H2. The van der Waals surface area contributed by atoms with Crippen LogP contribution in [0, 0.1) is 0 Å². The third kappa shape index (κ3) is 1.76. The first kappa shape index (κ1) is 9.65. The zero-order chi connectivity index (χ0) is 10.8. The molecule has 1 aliphatic carbocycles. The average Bonchev–Trinajstić information content (AvgIpc) is 2.39. The van der Waals surface area contributed by atoms with Crippen molar-refractivity contribution in [3.05, 3.63) is 71.3 Å². The molecule has 0 N–H and O–H groups in total. The zero-order valence-corrected chi connectivity index (χ0v) is 9.39. The number of fused-ring (bicyclic) bond motifs is 1. The third-order valence-corrected chi connectivity index (χ3v) is 3.62. The molecule has 1 atom stereocenters. The lowest BCUT2D eigenvalue weighted by Crippen LogP contribution is -2.12. The molecule has 0 radical (unpaired) electrons. The minimum atomic E-state index is 0.719. The van der Waals surface area contributed by atoms with Gasteiger partial charge in [0, 0.05) is 0 Å². The highest BCUT2D eigenvalue weighted by Crippen LogP contribution is 2.32. The summed E-state index contributed by atoms with van der Waals surface area (Å²) in [5.74, 6) is 0.719. The number of rotatable bonds is 1. The fourth-order valence-electron chi connectivity index (χ4n) is 2.71. The van der Waals surface area contributed by atoms with Crippen molar-refractivity contribution in [2.75, 3.05) is 0 Å². The van der Waals surface area contributed by atoms with E-state index in [2.05, 4.69) is 54.6 Å². The molecule has 0 nitrogen and oxygen atoms in total. The van der Waals surface area contributed by atoms with Crippen LogP contribution in [-0.2, 0) is 12.8 Å². The lowest BCUT2D eigenvalue weighted by Gasteiger charge is -2.24. The van der Waals surface area contributed by atoms with Crippen molar-refractivity contribution in [3.8, 4) is 0 Å². The second-order valence-corrected chi connectivity index (χ2v) is 4.62. The van der Waals surface area contributed by atoms with Crippen LogP contribution in [0.25, 0.3) is 0 Å². The Morgan fingerprint density at radius 2 is 1.44 bits per heavy atom. The Morgan fingerprint density at radius 3 is 2.25 bits per heavy atom. The van der Waals surface area contributed by atoms with Gasteiger partial charge >= 0.3 is 0 Å². The lowest BCUT2D eigenvalue weighted by molar-refractivity contribution is 0.585. The Kier molecular flexibility index (Phi) is 2.49. The van der Waals surface area contributed by atoms with Crippen molar-refractivity contribution in [1.82, 2.24) is 0 Å². The van der Waals surface area contributed by atoms with Crippen LogP contribution in [0.15, 0.2) is 54.6 Å². The molecule has 0 aromatic heterocycles. The Bertz CT molecular complexity index is 470.